The van der Waals surface area contributed by atoms with Crippen LogP contribution in [0.1, 0.15) is 274 Å². The SMILES string of the molecule is CC[C@](C)(NC(=O)[C@H](CC(C)C)NC(=O)[C@H](C)NC(=O)C(C)(C)NC(=O)[C@@H]1CCCCN1C(=O)C(C)(C)NC(=O)C(C)(C)NC(=O)CNC(=O)CCNC(=O)[C@H](CC(C)C)NC(=O)[C@](C)(CC)NC(=O)[C@](C)(CC)NC(=O)[C@@H]1CCCCN1C(=O)C(C)(C)NC(=O)[C@@H]1CCCCN1C(C)=O)C(=O)N[C@@H](CC(C)C)CN1CCC[N+]2=C1CCC2. The molecule has 5 aliphatic heterocycles. The molecule has 0 unspecified atom stereocenters. The molecule has 0 spiro atoms. The highest BCUT2D eigenvalue weighted by atomic mass is 16.2. The number of nitrogens with one attached hydrogen (secondary N) is 13. The number of hydrogen-bond donors (Lipinski definition) is 13. The van der Waals surface area contributed by atoms with Gasteiger partial charge in [0.25, 0.3) is 0 Å². The van der Waals surface area contributed by atoms with Gasteiger partial charge < -0.3 is 83.8 Å². The molecule has 34 heteroatoms. The van der Waals surface area contributed by atoms with Gasteiger partial charge >= 0.3 is 0 Å². The van der Waals surface area contributed by atoms with E-state index in [0.29, 0.717) is 51.1 Å². The monoisotopic (exact) mass is 1660 g/mol. The summed E-state index contributed by atoms with van der Waals surface area (Å²) in [6.45, 7) is 39.6. The molecule has 118 heavy (non-hydrogen) atoms. The fourth-order valence-electron chi connectivity index (χ4n) is 15.7. The van der Waals surface area contributed by atoms with E-state index >= 15 is 0 Å². The molecule has 0 bridgehead atoms. The Morgan fingerprint density at radius 1 is 0.407 bits per heavy atom. The van der Waals surface area contributed by atoms with Gasteiger partial charge in [0.15, 0.2) is 0 Å². The van der Waals surface area contributed by atoms with Gasteiger partial charge in [-0.15, -0.1) is 0 Å². The molecule has 16 amide bonds. The highest BCUT2D eigenvalue weighted by Crippen LogP contribution is 2.28. The van der Waals surface area contributed by atoms with Crippen LogP contribution in [0, 0.1) is 17.8 Å². The summed E-state index contributed by atoms with van der Waals surface area (Å²) in [6.07, 6.45) is 9.03. The lowest BCUT2D eigenvalue weighted by atomic mass is 9.90. The Labute approximate surface area is 699 Å². The van der Waals surface area contributed by atoms with Crippen molar-refractivity contribution in [2.24, 2.45) is 17.8 Å². The van der Waals surface area contributed by atoms with E-state index in [-0.39, 0.29) is 101 Å². The second-order valence-electron chi connectivity index (χ2n) is 37.2. The number of amides is 16. The summed E-state index contributed by atoms with van der Waals surface area (Å²) in [5.41, 5.74) is -11.0. The van der Waals surface area contributed by atoms with E-state index in [0.717, 1.165) is 58.2 Å². The molecule has 5 heterocycles. The second-order valence-corrected chi connectivity index (χ2v) is 37.2. The predicted molar refractivity (Wildman–Crippen MR) is 446 cm³/mol. The summed E-state index contributed by atoms with van der Waals surface area (Å²) in [6, 6.07) is -6.43. The van der Waals surface area contributed by atoms with Crippen molar-refractivity contribution >= 4 is 100 Å². The average molecular weight is 1660 g/mol. The summed E-state index contributed by atoms with van der Waals surface area (Å²) in [5.74, 6) is -8.29. The quantitative estimate of drug-likeness (QED) is 0.0391. The van der Waals surface area contributed by atoms with E-state index in [1.165, 1.54) is 89.8 Å². The predicted octanol–water partition coefficient (Wildman–Crippen LogP) is 2.21. The Morgan fingerprint density at radius 2 is 0.856 bits per heavy atom. The zero-order valence-electron chi connectivity index (χ0n) is 74.8. The van der Waals surface area contributed by atoms with Crippen molar-refractivity contribution in [1.82, 2.24) is 88.7 Å². The number of amidine groups is 1. The van der Waals surface area contributed by atoms with Crippen molar-refractivity contribution in [3.63, 3.8) is 0 Å². The first-order valence-corrected chi connectivity index (χ1v) is 43.1. The summed E-state index contributed by atoms with van der Waals surface area (Å²) in [7, 11) is 0. The number of carbonyl (C=O) groups excluding carboxylic acids is 16. The topological polar surface area (TPSA) is 445 Å². The molecule has 0 aromatic carbocycles. The maximum absolute atomic E-state index is 14.5. The lowest BCUT2D eigenvalue weighted by molar-refractivity contribution is -0.530. The van der Waals surface area contributed by atoms with E-state index in [9.17, 15) is 76.7 Å². The van der Waals surface area contributed by atoms with Crippen LogP contribution >= 0.6 is 0 Å². The molecule has 13 N–H and O–H groups in total. The van der Waals surface area contributed by atoms with Gasteiger partial charge in [-0.3, -0.25) is 86.2 Å². The second kappa shape index (κ2) is 42.8. The number of hydrogen-bond acceptors (Lipinski definition) is 17. The molecule has 5 aliphatic rings. The minimum absolute atomic E-state index is 0.0483. The molecular formula is C84H145N18O16+. The van der Waals surface area contributed by atoms with Crippen LogP contribution in [-0.2, 0) is 76.7 Å². The first-order chi connectivity index (χ1) is 54.8. The minimum atomic E-state index is -1.67. The number of rotatable bonds is 40. The summed E-state index contributed by atoms with van der Waals surface area (Å²) >= 11 is 0. The van der Waals surface area contributed by atoms with Crippen LogP contribution in [0.5, 0.6) is 0 Å². The molecule has 3 saturated heterocycles. The van der Waals surface area contributed by atoms with Gasteiger partial charge in [0.1, 0.15) is 81.6 Å². The smallest absolute Gasteiger partial charge is 0.248 e. The highest BCUT2D eigenvalue weighted by molar-refractivity contribution is 6.03. The highest BCUT2D eigenvalue weighted by Gasteiger charge is 2.49. The minimum Gasteiger partial charge on any atom is -0.354 e. The van der Waals surface area contributed by atoms with Crippen molar-refractivity contribution in [2.45, 2.75) is 355 Å². The molecule has 0 radical (unpaired) electrons. The van der Waals surface area contributed by atoms with E-state index in [4.69, 9.17) is 0 Å². The van der Waals surface area contributed by atoms with E-state index in [1.807, 2.05) is 34.6 Å². The van der Waals surface area contributed by atoms with Gasteiger partial charge in [0.2, 0.25) is 100 Å². The first kappa shape index (κ1) is 99.6. The van der Waals surface area contributed by atoms with Gasteiger partial charge in [-0.2, -0.15) is 0 Å². The molecule has 5 rings (SSSR count). The standard InChI is InChI=1S/C84H144N18O16/c1-23-82(20,73(114)88-56(46-51(4)5)50-99-42-33-41-98-40-32-37-64(98)99)94-67(108)58(48-53(8)9)89-65(106)54(10)87-71(112)78(12,13)92-69(110)60-35-27-30-44-101(60)77(118)81(18,19)96-72(113)79(14,15)91-63(105)49-86-62(104)38-39-85-66(107)57(47-52(6)7)90-74(115)83(21,24-2)97-75(116)84(22,25-3)95-70(111)61-36-28-31-45-102(61)76(117)80(16,17)93-68(109)59-34-26-29-43-100(59)55(11)103/h51-54,56-61H,23-50H2,1-22H3,(H12-,85,86,87,88,89,90,91,92,93,94,95,96,97,104,105,106,107,108,109,110,111,112,113,114,115,116)/p+1/t54-,56-,57-,58-,59-,60-,61-,82-,83-,84-/m0/s1. The summed E-state index contributed by atoms with van der Waals surface area (Å²) in [5, 5.41) is 36.1. The number of nitrogens with zero attached hydrogens (tertiary/aromatic N) is 5. The van der Waals surface area contributed by atoms with Crippen molar-refractivity contribution in [2.75, 3.05) is 58.9 Å². The molecule has 0 aliphatic carbocycles. The van der Waals surface area contributed by atoms with Crippen LogP contribution in [-0.4, -0.2) is 264 Å². The lowest BCUT2D eigenvalue weighted by Crippen LogP contribution is -2.68. The van der Waals surface area contributed by atoms with Crippen molar-refractivity contribution in [3.8, 4) is 0 Å². The third-order valence-corrected chi connectivity index (χ3v) is 23.6. The fraction of sp³-hybridized carbons (Fsp3) is 0.798. The Balaban J connectivity index is 1.10. The largest absolute Gasteiger partial charge is 0.354 e. The van der Waals surface area contributed by atoms with Crippen LogP contribution in [0.25, 0.3) is 0 Å². The van der Waals surface area contributed by atoms with E-state index in [2.05, 4.69) is 92.4 Å². The number of piperidine rings is 3. The molecular weight excluding hydrogens is 1520 g/mol. The number of carbonyl (C=O) groups is 16. The fourth-order valence-corrected chi connectivity index (χ4v) is 15.7. The maximum atomic E-state index is 14.5. The molecule has 0 aromatic rings. The first-order valence-electron chi connectivity index (χ1n) is 43.1. The van der Waals surface area contributed by atoms with E-state index in [1.54, 1.807) is 34.6 Å². The third kappa shape index (κ3) is 27.5. The van der Waals surface area contributed by atoms with Crippen molar-refractivity contribution in [1.29, 1.82) is 0 Å². The zero-order valence-corrected chi connectivity index (χ0v) is 74.8. The Kier molecular flexibility index (Phi) is 36.1. The molecule has 0 saturated carbocycles. The van der Waals surface area contributed by atoms with Crippen molar-refractivity contribution in [3.05, 3.63) is 0 Å². The Morgan fingerprint density at radius 3 is 1.37 bits per heavy atom. The van der Waals surface area contributed by atoms with Gasteiger partial charge in [-0.25, -0.2) is 0 Å². The number of likely N-dealkylation sites (tertiary alicyclic amines) is 3. The van der Waals surface area contributed by atoms with Gasteiger partial charge in [0, 0.05) is 45.9 Å². The average Bonchev–Trinajstić information content (AvgIpc) is 0.946. The van der Waals surface area contributed by atoms with Crippen LogP contribution < -0.4 is 69.1 Å². The summed E-state index contributed by atoms with van der Waals surface area (Å²) in [4.78, 5) is 229. The van der Waals surface area contributed by atoms with Gasteiger partial charge in [-0.1, -0.05) is 62.3 Å². The van der Waals surface area contributed by atoms with Gasteiger partial charge in [0.05, 0.1) is 38.6 Å². The third-order valence-electron chi connectivity index (χ3n) is 23.6. The van der Waals surface area contributed by atoms with Crippen LogP contribution in [0.3, 0.4) is 0 Å². The van der Waals surface area contributed by atoms with Gasteiger partial charge in [-0.05, 0) is 204 Å². The molecule has 34 nitrogen and oxygen atoms in total. The normalized spacial score (nSPS) is 20.0. The molecule has 10 atom stereocenters. The van der Waals surface area contributed by atoms with E-state index < -0.39 is 164 Å². The van der Waals surface area contributed by atoms with Crippen LogP contribution in [0.2, 0.25) is 0 Å². The maximum Gasteiger partial charge on any atom is 0.248 e. The lowest BCUT2D eigenvalue weighted by Gasteiger charge is -2.42. The molecule has 666 valence electrons. The zero-order chi connectivity index (χ0) is 89.0. The molecule has 0 aromatic heterocycles. The van der Waals surface area contributed by atoms with Crippen LogP contribution in [0.15, 0.2) is 0 Å². The van der Waals surface area contributed by atoms with Crippen LogP contribution in [0.4, 0.5) is 0 Å². The Hall–Kier alpha value is -9.01. The molecule has 3 fully saturated rings. The Bertz CT molecular complexity index is 3690. The summed E-state index contributed by atoms with van der Waals surface area (Å²) < 4.78 is 2.43. The van der Waals surface area contributed by atoms with Crippen molar-refractivity contribution < 1.29 is 81.3 Å².